The zero-order valence-corrected chi connectivity index (χ0v) is 12.2. The molecule has 112 valence electrons. The first-order valence-electron chi connectivity index (χ1n) is 6.42. The Hall–Kier alpha value is -0.400. The number of carbonyl (C=O) groups is 1. The van der Waals surface area contributed by atoms with Gasteiger partial charge in [-0.3, -0.25) is 4.79 Å². The van der Waals surface area contributed by atoms with Gasteiger partial charge in [0.15, 0.2) is 12.6 Å². The number of hydrogen-bond donors (Lipinski definition) is 0. The van der Waals surface area contributed by atoms with Crippen LogP contribution in [0.15, 0.2) is 0 Å². The van der Waals surface area contributed by atoms with Crippen LogP contribution in [-0.2, 0) is 23.7 Å². The molecule has 19 heavy (non-hydrogen) atoms. The van der Waals surface area contributed by atoms with Gasteiger partial charge in [0.05, 0.1) is 26.3 Å². The highest BCUT2D eigenvalue weighted by atomic mass is 35.5. The number of alkyl halides is 1. The molecule has 1 heterocycles. The monoisotopic (exact) mass is 295 g/mol. The summed E-state index contributed by atoms with van der Waals surface area (Å²) in [5, 5.41) is 0. The first-order chi connectivity index (χ1) is 9.21. The summed E-state index contributed by atoms with van der Waals surface area (Å²) >= 11 is 5.61. The topological polar surface area (TPSA) is 57.2 Å². The first kappa shape index (κ1) is 16.7. The minimum Gasteiger partial charge on any atom is -0.354 e. The Kier molecular flexibility index (Phi) is 8.32. The molecule has 1 rings (SSSR count). The van der Waals surface area contributed by atoms with Crippen LogP contribution >= 0.6 is 11.6 Å². The van der Waals surface area contributed by atoms with Crippen molar-refractivity contribution >= 4 is 17.5 Å². The Labute approximate surface area is 118 Å². The molecule has 7 heteroatoms. The lowest BCUT2D eigenvalue weighted by Gasteiger charge is -2.31. The summed E-state index contributed by atoms with van der Waals surface area (Å²) in [5.74, 6) is -0.281. The molecule has 0 aromatic heterocycles. The van der Waals surface area contributed by atoms with Crippen molar-refractivity contribution in [3.63, 3.8) is 0 Å². The van der Waals surface area contributed by atoms with Gasteiger partial charge in [-0.05, 0) is 13.3 Å². The fraction of sp³-hybridized carbons (Fsp3) is 0.917. The molecule has 1 saturated heterocycles. The van der Waals surface area contributed by atoms with Crippen molar-refractivity contribution in [2.45, 2.75) is 25.9 Å². The van der Waals surface area contributed by atoms with Crippen LogP contribution in [0.3, 0.4) is 0 Å². The van der Waals surface area contributed by atoms with Crippen LogP contribution in [0.1, 0.15) is 13.3 Å². The minimum atomic E-state index is -0.472. The summed E-state index contributed by atoms with van der Waals surface area (Å²) in [6.45, 7) is 4.31. The van der Waals surface area contributed by atoms with E-state index in [9.17, 15) is 4.79 Å². The molecule has 1 unspecified atom stereocenters. The fourth-order valence-corrected chi connectivity index (χ4v) is 1.91. The lowest BCUT2D eigenvalue weighted by molar-refractivity contribution is -0.196. The lowest BCUT2D eigenvalue weighted by Crippen LogP contribution is -2.46. The number of hydrogen-bond acceptors (Lipinski definition) is 5. The molecule has 0 bridgehead atoms. The summed E-state index contributed by atoms with van der Waals surface area (Å²) in [6.07, 6.45) is 0.000345. The van der Waals surface area contributed by atoms with Gasteiger partial charge in [-0.1, -0.05) is 0 Å². The molecule has 1 aliphatic rings. The van der Waals surface area contributed by atoms with Crippen molar-refractivity contribution in [1.82, 2.24) is 4.90 Å². The second-order valence-electron chi connectivity index (χ2n) is 4.08. The molecule has 0 aromatic rings. The Balaban J connectivity index is 2.52. The van der Waals surface area contributed by atoms with Gasteiger partial charge in [0.1, 0.15) is 5.88 Å². The van der Waals surface area contributed by atoms with Crippen molar-refractivity contribution in [3.05, 3.63) is 0 Å². The third kappa shape index (κ3) is 6.05. The van der Waals surface area contributed by atoms with Crippen LogP contribution in [-0.4, -0.2) is 69.3 Å². The van der Waals surface area contributed by atoms with E-state index in [0.717, 1.165) is 6.42 Å². The molecule has 1 aliphatic heterocycles. The standard InChI is InChI=1S/C12H22ClNO5/c1-3-17-11(16-2)8-14(10(15)7-13)9-12-18-5-4-6-19-12/h11-12H,3-9H2,1-2H3. The van der Waals surface area contributed by atoms with Crippen molar-refractivity contribution in [2.75, 3.05) is 45.9 Å². The maximum atomic E-state index is 11.8. The molecule has 6 nitrogen and oxygen atoms in total. The predicted molar refractivity (Wildman–Crippen MR) is 70.0 cm³/mol. The smallest absolute Gasteiger partial charge is 0.237 e. The average Bonchev–Trinajstić information content (AvgIpc) is 2.46. The maximum Gasteiger partial charge on any atom is 0.237 e. The maximum absolute atomic E-state index is 11.8. The Morgan fingerprint density at radius 1 is 1.47 bits per heavy atom. The van der Waals surface area contributed by atoms with E-state index in [1.165, 1.54) is 7.11 Å². The minimum absolute atomic E-state index is 0.0880. The predicted octanol–water partition coefficient (Wildman–Crippen LogP) is 0.826. The molecular formula is C12H22ClNO5. The van der Waals surface area contributed by atoms with Gasteiger partial charge < -0.3 is 23.8 Å². The molecule has 0 saturated carbocycles. The van der Waals surface area contributed by atoms with Crippen LogP contribution in [0.2, 0.25) is 0 Å². The van der Waals surface area contributed by atoms with E-state index in [1.54, 1.807) is 4.90 Å². The van der Waals surface area contributed by atoms with E-state index in [4.69, 9.17) is 30.5 Å². The second kappa shape index (κ2) is 9.50. The third-order valence-electron chi connectivity index (χ3n) is 2.72. The highest BCUT2D eigenvalue weighted by Crippen LogP contribution is 2.09. The first-order valence-corrected chi connectivity index (χ1v) is 6.96. The number of nitrogens with zero attached hydrogens (tertiary/aromatic N) is 1. The van der Waals surface area contributed by atoms with E-state index >= 15 is 0 Å². The Morgan fingerprint density at radius 2 is 2.16 bits per heavy atom. The number of rotatable bonds is 8. The number of methoxy groups -OCH3 is 1. The number of carbonyl (C=O) groups excluding carboxylic acids is 1. The van der Waals surface area contributed by atoms with E-state index in [-0.39, 0.29) is 11.8 Å². The van der Waals surface area contributed by atoms with Gasteiger partial charge in [-0.25, -0.2) is 0 Å². The second-order valence-corrected chi connectivity index (χ2v) is 4.34. The van der Waals surface area contributed by atoms with Gasteiger partial charge >= 0.3 is 0 Å². The van der Waals surface area contributed by atoms with Crippen molar-refractivity contribution < 1.29 is 23.7 Å². The normalized spacial score (nSPS) is 18.3. The zero-order valence-electron chi connectivity index (χ0n) is 11.5. The average molecular weight is 296 g/mol. The van der Waals surface area contributed by atoms with Gasteiger partial charge in [-0.15, -0.1) is 11.6 Å². The Morgan fingerprint density at radius 3 is 2.68 bits per heavy atom. The highest BCUT2D eigenvalue weighted by Gasteiger charge is 2.24. The van der Waals surface area contributed by atoms with Crippen LogP contribution in [0.5, 0.6) is 0 Å². The molecule has 0 radical (unpaired) electrons. The quantitative estimate of drug-likeness (QED) is 0.490. The molecule has 0 aromatic carbocycles. The van der Waals surface area contributed by atoms with Crippen LogP contribution in [0.25, 0.3) is 0 Å². The Bertz CT molecular complexity index is 254. The van der Waals surface area contributed by atoms with Crippen molar-refractivity contribution in [3.8, 4) is 0 Å². The van der Waals surface area contributed by atoms with E-state index in [1.807, 2.05) is 6.92 Å². The van der Waals surface area contributed by atoms with Gasteiger partial charge in [0, 0.05) is 13.7 Å². The summed E-state index contributed by atoms with van der Waals surface area (Å²) in [7, 11) is 1.54. The van der Waals surface area contributed by atoms with Gasteiger partial charge in [0.2, 0.25) is 5.91 Å². The summed E-state index contributed by atoms with van der Waals surface area (Å²) in [5.41, 5.74) is 0. The fourth-order valence-electron chi connectivity index (χ4n) is 1.75. The van der Waals surface area contributed by atoms with Crippen molar-refractivity contribution in [2.24, 2.45) is 0 Å². The largest absolute Gasteiger partial charge is 0.354 e. The molecule has 1 atom stereocenters. The summed E-state index contributed by atoms with van der Waals surface area (Å²) in [4.78, 5) is 13.4. The van der Waals surface area contributed by atoms with E-state index < -0.39 is 12.6 Å². The number of amides is 1. The van der Waals surface area contributed by atoms with Gasteiger partial charge in [0.25, 0.3) is 0 Å². The molecule has 0 aliphatic carbocycles. The van der Waals surface area contributed by atoms with Crippen LogP contribution in [0, 0.1) is 0 Å². The van der Waals surface area contributed by atoms with Crippen molar-refractivity contribution in [1.29, 1.82) is 0 Å². The number of halogens is 1. The lowest BCUT2D eigenvalue weighted by atomic mass is 10.4. The summed E-state index contributed by atoms with van der Waals surface area (Å²) < 4.78 is 21.4. The summed E-state index contributed by atoms with van der Waals surface area (Å²) in [6, 6.07) is 0. The SMILES string of the molecule is CCOC(CN(CC1OCCCO1)C(=O)CCl)OC. The molecule has 1 amide bonds. The molecular weight excluding hydrogens is 274 g/mol. The molecule has 0 N–H and O–H groups in total. The molecule has 0 spiro atoms. The zero-order chi connectivity index (χ0) is 14.1. The van der Waals surface area contributed by atoms with Crippen LogP contribution in [0.4, 0.5) is 0 Å². The molecule has 1 fully saturated rings. The van der Waals surface area contributed by atoms with Gasteiger partial charge in [-0.2, -0.15) is 0 Å². The van der Waals surface area contributed by atoms with E-state index in [0.29, 0.717) is 32.9 Å². The van der Waals surface area contributed by atoms with E-state index in [2.05, 4.69) is 0 Å². The highest BCUT2D eigenvalue weighted by molar-refractivity contribution is 6.27. The third-order valence-corrected chi connectivity index (χ3v) is 2.95. The number of ether oxygens (including phenoxy) is 4. The van der Waals surface area contributed by atoms with Crippen LogP contribution < -0.4 is 0 Å².